The first-order chi connectivity index (χ1) is 12.1. The third-order valence-corrected chi connectivity index (χ3v) is 3.73. The molecule has 1 aromatic carbocycles. The second-order valence-electron chi connectivity index (χ2n) is 5.20. The highest BCUT2D eigenvalue weighted by Gasteiger charge is 2.05. The topological polar surface area (TPSA) is 103 Å². The Balaban J connectivity index is 0.00000338. The van der Waals surface area contributed by atoms with Gasteiger partial charge in [-0.1, -0.05) is 0 Å². The van der Waals surface area contributed by atoms with Crippen molar-refractivity contribution in [3.63, 3.8) is 0 Å². The van der Waals surface area contributed by atoms with Crippen molar-refractivity contribution in [1.29, 1.82) is 0 Å². The molecule has 0 saturated heterocycles. The minimum atomic E-state index is -0.582. The molecular formula is C17H23ClN2O5S. The first-order valence-corrected chi connectivity index (χ1v) is 8.75. The summed E-state index contributed by atoms with van der Waals surface area (Å²) >= 11 is 1.55. The van der Waals surface area contributed by atoms with Crippen LogP contribution < -0.4 is 25.3 Å². The number of halogens is 1. The van der Waals surface area contributed by atoms with Crippen LogP contribution in [-0.2, 0) is 4.79 Å². The fourth-order valence-electron chi connectivity index (χ4n) is 1.88. The Morgan fingerprint density at radius 2 is 1.81 bits per heavy atom. The van der Waals surface area contributed by atoms with Gasteiger partial charge >= 0.3 is 0 Å². The van der Waals surface area contributed by atoms with Crippen LogP contribution >= 0.6 is 23.7 Å². The van der Waals surface area contributed by atoms with E-state index >= 15 is 0 Å². The average Bonchev–Trinajstić information content (AvgIpc) is 3.12. The van der Waals surface area contributed by atoms with Crippen LogP contribution in [0.2, 0.25) is 0 Å². The summed E-state index contributed by atoms with van der Waals surface area (Å²) in [6.07, 6.45) is -0.582. The highest BCUT2D eigenvalue weighted by molar-refractivity contribution is 7.08. The first-order valence-electron chi connectivity index (χ1n) is 7.81. The summed E-state index contributed by atoms with van der Waals surface area (Å²) in [6.45, 7) is 1.57. The molecule has 26 heavy (non-hydrogen) atoms. The number of aliphatic hydroxyl groups is 1. The lowest BCUT2D eigenvalue weighted by Crippen LogP contribution is -2.33. The predicted molar refractivity (Wildman–Crippen MR) is 103 cm³/mol. The van der Waals surface area contributed by atoms with Crippen LogP contribution in [0.3, 0.4) is 0 Å². The van der Waals surface area contributed by atoms with Crippen LogP contribution in [-0.4, -0.2) is 50.0 Å². The second kappa shape index (κ2) is 12.4. The largest absolute Gasteiger partial charge is 0.492 e. The fourth-order valence-corrected chi connectivity index (χ4v) is 2.45. The second-order valence-corrected chi connectivity index (χ2v) is 5.98. The van der Waals surface area contributed by atoms with Crippen LogP contribution in [0, 0.1) is 0 Å². The lowest BCUT2D eigenvalue weighted by molar-refractivity contribution is -0.119. The number of hydrogen-bond acceptors (Lipinski definition) is 7. The highest BCUT2D eigenvalue weighted by Crippen LogP contribution is 2.17. The molecule has 1 aromatic heterocycles. The molecule has 2 aromatic rings. The van der Waals surface area contributed by atoms with E-state index in [-0.39, 0.29) is 25.6 Å². The highest BCUT2D eigenvalue weighted by atomic mass is 35.5. The minimum absolute atomic E-state index is 0. The monoisotopic (exact) mass is 402 g/mol. The van der Waals surface area contributed by atoms with Crippen molar-refractivity contribution in [1.82, 2.24) is 5.32 Å². The molecule has 0 spiro atoms. The van der Waals surface area contributed by atoms with E-state index in [2.05, 4.69) is 5.32 Å². The zero-order valence-electron chi connectivity index (χ0n) is 14.1. The van der Waals surface area contributed by atoms with Gasteiger partial charge < -0.3 is 30.4 Å². The molecule has 0 bridgehead atoms. The average molecular weight is 403 g/mol. The van der Waals surface area contributed by atoms with Crippen LogP contribution in [0.4, 0.5) is 0 Å². The molecular weight excluding hydrogens is 380 g/mol. The summed E-state index contributed by atoms with van der Waals surface area (Å²) in [5.74, 6) is 1.50. The van der Waals surface area contributed by atoms with Crippen LogP contribution in [0.1, 0.15) is 0 Å². The van der Waals surface area contributed by atoms with Crippen LogP contribution in [0.5, 0.6) is 17.2 Å². The number of carbonyl (C=O) groups is 1. The van der Waals surface area contributed by atoms with Gasteiger partial charge in [0.05, 0.1) is 0 Å². The first kappa shape index (κ1) is 22.0. The van der Waals surface area contributed by atoms with Crippen molar-refractivity contribution in [2.24, 2.45) is 5.73 Å². The lowest BCUT2D eigenvalue weighted by atomic mass is 10.3. The van der Waals surface area contributed by atoms with Crippen LogP contribution in [0.25, 0.3) is 0 Å². The number of nitrogens with one attached hydrogen (secondary N) is 1. The van der Waals surface area contributed by atoms with Crippen molar-refractivity contribution in [2.45, 2.75) is 6.10 Å². The molecule has 0 fully saturated rings. The molecule has 1 atom stereocenters. The number of nitrogens with two attached hydrogens (primary N) is 1. The number of rotatable bonds is 12. The number of carbonyl (C=O) groups excluding carboxylic acids is 1. The molecule has 4 N–H and O–H groups in total. The Hall–Kier alpha value is -2.00. The van der Waals surface area contributed by atoms with Gasteiger partial charge in [0, 0.05) is 18.5 Å². The molecule has 9 heteroatoms. The van der Waals surface area contributed by atoms with Gasteiger partial charge in [-0.2, -0.15) is 0 Å². The van der Waals surface area contributed by atoms with Crippen molar-refractivity contribution in [3.05, 3.63) is 41.1 Å². The Bertz CT molecular complexity index is 625. The van der Waals surface area contributed by atoms with Gasteiger partial charge in [-0.25, -0.2) is 0 Å². The van der Waals surface area contributed by atoms with Gasteiger partial charge in [0.15, 0.2) is 6.61 Å². The van der Waals surface area contributed by atoms with Crippen molar-refractivity contribution < 1.29 is 24.1 Å². The molecule has 2 rings (SSSR count). The number of amides is 1. The summed E-state index contributed by atoms with van der Waals surface area (Å²) in [5.41, 5.74) is 5.01. The summed E-state index contributed by atoms with van der Waals surface area (Å²) in [5, 5.41) is 16.7. The zero-order valence-corrected chi connectivity index (χ0v) is 15.8. The molecule has 144 valence electrons. The molecule has 0 aliphatic heterocycles. The van der Waals surface area contributed by atoms with Crippen LogP contribution in [0.15, 0.2) is 41.1 Å². The summed E-state index contributed by atoms with van der Waals surface area (Å²) < 4.78 is 16.2. The minimum Gasteiger partial charge on any atom is -0.492 e. The van der Waals surface area contributed by atoms with E-state index in [1.54, 1.807) is 35.6 Å². The van der Waals surface area contributed by atoms with E-state index in [1.165, 1.54) is 0 Å². The van der Waals surface area contributed by atoms with Gasteiger partial charge in [-0.3, -0.25) is 4.79 Å². The maximum absolute atomic E-state index is 10.6. The maximum atomic E-state index is 10.6. The molecule has 0 aliphatic rings. The number of aliphatic hydroxyl groups excluding tert-OH is 1. The maximum Gasteiger partial charge on any atom is 0.255 e. The molecule has 0 saturated carbocycles. The van der Waals surface area contributed by atoms with Gasteiger partial charge in [-0.15, -0.1) is 23.7 Å². The standard InChI is InChI=1S/C17H22N2O5S.ClH/c18-17(21)11-24-15-3-1-14(2-4-15)22-7-6-19-9-13(20)10-23-16-5-8-25-12-16;/h1-5,8,12-13,19-20H,6-7,9-11H2,(H2,18,21);1H/t13-;/m0./s1. The molecule has 0 unspecified atom stereocenters. The Morgan fingerprint density at radius 3 is 2.42 bits per heavy atom. The third kappa shape index (κ3) is 8.91. The van der Waals surface area contributed by atoms with E-state index < -0.39 is 12.0 Å². The van der Waals surface area contributed by atoms with Gasteiger partial charge in [0.1, 0.15) is 36.6 Å². The third-order valence-electron chi connectivity index (χ3n) is 3.07. The normalized spacial score (nSPS) is 11.3. The Labute approximate surface area is 162 Å². The molecule has 1 heterocycles. The summed E-state index contributed by atoms with van der Waals surface area (Å²) in [7, 11) is 0. The predicted octanol–water partition coefficient (Wildman–Crippen LogP) is 1.44. The van der Waals surface area contributed by atoms with E-state index in [4.69, 9.17) is 19.9 Å². The summed E-state index contributed by atoms with van der Waals surface area (Å²) in [6, 6.07) is 8.77. The van der Waals surface area contributed by atoms with Gasteiger partial charge in [0.2, 0.25) is 0 Å². The molecule has 0 radical (unpaired) electrons. The van der Waals surface area contributed by atoms with E-state index in [0.29, 0.717) is 31.2 Å². The quantitative estimate of drug-likeness (QED) is 0.464. The Morgan fingerprint density at radius 1 is 1.12 bits per heavy atom. The number of ether oxygens (including phenoxy) is 3. The molecule has 1 amide bonds. The SMILES string of the molecule is Cl.NC(=O)COc1ccc(OCCNC[C@H](O)COc2ccsc2)cc1. The lowest BCUT2D eigenvalue weighted by Gasteiger charge is -2.13. The van der Waals surface area contributed by atoms with E-state index in [1.807, 2.05) is 16.8 Å². The van der Waals surface area contributed by atoms with Gasteiger partial charge in [0.25, 0.3) is 5.91 Å². The smallest absolute Gasteiger partial charge is 0.255 e. The van der Waals surface area contributed by atoms with Gasteiger partial charge in [-0.05, 0) is 35.7 Å². The van der Waals surface area contributed by atoms with E-state index in [0.717, 1.165) is 5.75 Å². The fraction of sp³-hybridized carbons (Fsp3) is 0.353. The zero-order chi connectivity index (χ0) is 17.9. The number of benzene rings is 1. The van der Waals surface area contributed by atoms with Crippen molar-refractivity contribution in [2.75, 3.05) is 32.9 Å². The Kier molecular flexibility index (Phi) is 10.5. The van der Waals surface area contributed by atoms with E-state index in [9.17, 15) is 9.90 Å². The molecule has 7 nitrogen and oxygen atoms in total. The summed E-state index contributed by atoms with van der Waals surface area (Å²) in [4.78, 5) is 10.6. The number of hydrogen-bond donors (Lipinski definition) is 3. The number of primary amides is 1. The van der Waals surface area contributed by atoms with Crippen molar-refractivity contribution in [3.8, 4) is 17.2 Å². The number of thiophene rings is 1. The van der Waals surface area contributed by atoms with Crippen molar-refractivity contribution >= 4 is 29.7 Å². The molecule has 0 aliphatic carbocycles.